The minimum atomic E-state index is -0.833. The second-order valence-corrected chi connectivity index (χ2v) is 13.3. The van der Waals surface area contributed by atoms with E-state index in [4.69, 9.17) is 0 Å². The molecule has 2 aliphatic heterocycles. The standard InChI is InChI=1S/C32H21BrFN3O4S2/c33-19-10-14-21(15-11-19)37-29(39)26-25(18-8-12-20(34)13-9-18)28-31(42-27(26)30(37)40)36(32(41)43-28)16-24(38)35-23-7-3-5-17-4-1-2-6-22(17)23/h1-15,25-27H,16H2,(H,35,38)/t25-,26?,27?/m1/s1. The van der Waals surface area contributed by atoms with Gasteiger partial charge in [0.2, 0.25) is 17.7 Å². The third kappa shape index (κ3) is 4.81. The second kappa shape index (κ2) is 10.9. The molecule has 11 heteroatoms. The van der Waals surface area contributed by atoms with E-state index in [2.05, 4.69) is 21.2 Å². The average molecular weight is 675 g/mol. The Morgan fingerprint density at radius 2 is 1.60 bits per heavy atom. The van der Waals surface area contributed by atoms with Crippen molar-refractivity contribution in [2.24, 2.45) is 5.92 Å². The fraction of sp³-hybridized carbons (Fsp3) is 0.125. The van der Waals surface area contributed by atoms with Crippen LogP contribution >= 0.6 is 39.0 Å². The van der Waals surface area contributed by atoms with E-state index in [-0.39, 0.29) is 17.3 Å². The van der Waals surface area contributed by atoms with Crippen LogP contribution in [0, 0.1) is 11.7 Å². The number of hydrogen-bond donors (Lipinski definition) is 1. The zero-order valence-corrected chi connectivity index (χ0v) is 25.4. The number of fused-ring (bicyclic) bond motifs is 3. The number of nitrogens with one attached hydrogen (secondary N) is 1. The van der Waals surface area contributed by atoms with Gasteiger partial charge in [-0.2, -0.15) is 0 Å². The molecule has 0 spiro atoms. The summed E-state index contributed by atoms with van der Waals surface area (Å²) in [5.74, 6) is -3.09. The van der Waals surface area contributed by atoms with Gasteiger partial charge in [0.05, 0.1) is 16.6 Å². The first-order valence-corrected chi connectivity index (χ1v) is 15.9. The molecule has 43 heavy (non-hydrogen) atoms. The number of aromatic nitrogens is 1. The molecule has 1 fully saturated rings. The number of thiazole rings is 1. The third-order valence-electron chi connectivity index (χ3n) is 7.73. The summed E-state index contributed by atoms with van der Waals surface area (Å²) in [7, 11) is 0. The topological polar surface area (TPSA) is 88.5 Å². The average Bonchev–Trinajstić information content (AvgIpc) is 3.44. The molecule has 0 aliphatic carbocycles. The summed E-state index contributed by atoms with van der Waals surface area (Å²) in [6, 6.07) is 25.9. The van der Waals surface area contributed by atoms with Gasteiger partial charge >= 0.3 is 4.87 Å². The van der Waals surface area contributed by atoms with Gasteiger partial charge in [-0.15, -0.1) is 0 Å². The number of nitrogens with zero attached hydrogens (tertiary/aromatic N) is 2. The molecule has 2 unspecified atom stereocenters. The minimum Gasteiger partial charge on any atom is -0.324 e. The molecule has 1 saturated heterocycles. The zero-order valence-electron chi connectivity index (χ0n) is 22.2. The number of hydrogen-bond acceptors (Lipinski definition) is 6. The molecule has 0 saturated carbocycles. The molecule has 214 valence electrons. The molecule has 0 radical (unpaired) electrons. The minimum absolute atomic E-state index is 0.271. The number of anilines is 2. The van der Waals surface area contributed by atoms with Crippen molar-refractivity contribution < 1.29 is 18.8 Å². The summed E-state index contributed by atoms with van der Waals surface area (Å²) in [5, 5.41) is 4.40. The van der Waals surface area contributed by atoms with Crippen LogP contribution in [-0.2, 0) is 20.9 Å². The maximum atomic E-state index is 13.9. The molecular formula is C32H21BrFN3O4S2. The van der Waals surface area contributed by atoms with Crippen molar-refractivity contribution in [1.29, 1.82) is 0 Å². The fourth-order valence-corrected chi connectivity index (χ4v) is 8.83. The summed E-state index contributed by atoms with van der Waals surface area (Å²) < 4.78 is 16.1. The summed E-state index contributed by atoms with van der Waals surface area (Å²) in [4.78, 5) is 55.9. The van der Waals surface area contributed by atoms with Gasteiger partial charge in [0.25, 0.3) is 0 Å². The Kier molecular flexibility index (Phi) is 7.03. The Balaban J connectivity index is 1.28. The molecule has 3 heterocycles. The summed E-state index contributed by atoms with van der Waals surface area (Å²) >= 11 is 5.48. The molecule has 0 bridgehead atoms. The molecule has 7 nitrogen and oxygen atoms in total. The van der Waals surface area contributed by atoms with Gasteiger partial charge in [-0.1, -0.05) is 87.6 Å². The summed E-state index contributed by atoms with van der Waals surface area (Å²) in [6.07, 6.45) is 0. The molecule has 4 aromatic carbocycles. The van der Waals surface area contributed by atoms with Crippen LogP contribution in [0.1, 0.15) is 16.4 Å². The van der Waals surface area contributed by atoms with Crippen molar-refractivity contribution in [2.75, 3.05) is 10.2 Å². The summed E-state index contributed by atoms with van der Waals surface area (Å²) in [6.45, 7) is -0.271. The Morgan fingerprint density at radius 1 is 0.884 bits per heavy atom. The van der Waals surface area contributed by atoms with Gasteiger partial charge < -0.3 is 5.32 Å². The number of benzene rings is 4. The largest absolute Gasteiger partial charge is 0.324 e. The molecule has 3 atom stereocenters. The lowest BCUT2D eigenvalue weighted by Gasteiger charge is -2.30. The van der Waals surface area contributed by atoms with Crippen LogP contribution in [0.25, 0.3) is 10.8 Å². The summed E-state index contributed by atoms with van der Waals surface area (Å²) in [5.41, 5.74) is 1.69. The highest BCUT2D eigenvalue weighted by atomic mass is 79.9. The lowest BCUT2D eigenvalue weighted by molar-refractivity contribution is -0.122. The number of carbonyl (C=O) groups is 3. The van der Waals surface area contributed by atoms with E-state index >= 15 is 0 Å². The quantitative estimate of drug-likeness (QED) is 0.218. The van der Waals surface area contributed by atoms with Crippen molar-refractivity contribution >= 4 is 78.9 Å². The zero-order chi connectivity index (χ0) is 29.8. The van der Waals surface area contributed by atoms with Crippen molar-refractivity contribution in [3.8, 4) is 0 Å². The van der Waals surface area contributed by atoms with Crippen LogP contribution in [0.3, 0.4) is 0 Å². The Labute approximate surface area is 261 Å². The van der Waals surface area contributed by atoms with Gasteiger partial charge in [0.15, 0.2) is 0 Å². The van der Waals surface area contributed by atoms with Crippen LogP contribution in [0.4, 0.5) is 15.8 Å². The smallest absolute Gasteiger partial charge is 0.308 e. The van der Waals surface area contributed by atoms with Gasteiger partial charge in [0.1, 0.15) is 17.6 Å². The molecule has 3 amide bonds. The van der Waals surface area contributed by atoms with Crippen LogP contribution in [0.2, 0.25) is 0 Å². The Hall–Kier alpha value is -4.06. The lowest BCUT2D eigenvalue weighted by atomic mass is 9.83. The highest BCUT2D eigenvalue weighted by Crippen LogP contribution is 2.53. The Morgan fingerprint density at radius 3 is 2.37 bits per heavy atom. The van der Waals surface area contributed by atoms with E-state index in [1.807, 2.05) is 36.4 Å². The molecule has 1 aromatic heterocycles. The third-order valence-corrected chi connectivity index (χ3v) is 10.9. The van der Waals surface area contributed by atoms with E-state index in [0.717, 1.165) is 38.3 Å². The van der Waals surface area contributed by atoms with E-state index in [1.54, 1.807) is 42.5 Å². The predicted octanol–water partition coefficient (Wildman–Crippen LogP) is 6.40. The van der Waals surface area contributed by atoms with Crippen molar-refractivity contribution in [3.63, 3.8) is 0 Å². The maximum Gasteiger partial charge on any atom is 0.308 e. The van der Waals surface area contributed by atoms with Gasteiger partial charge in [-0.3, -0.25) is 23.7 Å². The number of rotatable bonds is 5. The first-order chi connectivity index (χ1) is 20.8. The van der Waals surface area contributed by atoms with Crippen LogP contribution < -0.4 is 15.1 Å². The maximum absolute atomic E-state index is 13.9. The van der Waals surface area contributed by atoms with E-state index in [1.165, 1.54) is 21.6 Å². The second-order valence-electron chi connectivity index (χ2n) is 10.3. The van der Waals surface area contributed by atoms with E-state index in [0.29, 0.717) is 26.8 Å². The lowest BCUT2D eigenvalue weighted by Crippen LogP contribution is -2.33. The number of thioether (sulfide) groups is 1. The normalized spacial score (nSPS) is 19.4. The van der Waals surface area contributed by atoms with Crippen LogP contribution in [-0.4, -0.2) is 27.5 Å². The van der Waals surface area contributed by atoms with Gasteiger partial charge in [-0.25, -0.2) is 9.29 Å². The molecule has 2 aliphatic rings. The molecule has 1 N–H and O–H groups in total. The van der Waals surface area contributed by atoms with Gasteiger partial charge in [0, 0.05) is 26.3 Å². The highest BCUT2D eigenvalue weighted by Gasteiger charge is 2.56. The predicted molar refractivity (Wildman–Crippen MR) is 169 cm³/mol. The molecule has 5 aromatic rings. The van der Waals surface area contributed by atoms with Crippen molar-refractivity contribution in [1.82, 2.24) is 4.57 Å². The SMILES string of the molecule is O=C(Cn1c2c(sc1=O)[C@H](c1ccc(F)cc1)C1C(=O)N(c3ccc(Br)cc3)C(=O)C1S2)Nc1cccc2ccccc12. The van der Waals surface area contributed by atoms with Crippen LogP contribution in [0.5, 0.6) is 0 Å². The number of carbonyl (C=O) groups excluding carboxylic acids is 3. The van der Waals surface area contributed by atoms with Crippen molar-refractivity contribution in [2.45, 2.75) is 22.7 Å². The van der Waals surface area contributed by atoms with E-state index < -0.39 is 34.7 Å². The first kappa shape index (κ1) is 27.8. The van der Waals surface area contributed by atoms with Gasteiger partial charge in [-0.05, 0) is 53.4 Å². The number of amides is 3. The monoisotopic (exact) mass is 673 g/mol. The van der Waals surface area contributed by atoms with E-state index in [9.17, 15) is 23.6 Å². The van der Waals surface area contributed by atoms with Crippen molar-refractivity contribution in [3.05, 3.63) is 121 Å². The highest BCUT2D eigenvalue weighted by molar-refractivity contribution is 9.10. The number of imide groups is 1. The van der Waals surface area contributed by atoms with Crippen LogP contribution in [0.15, 0.2) is 105 Å². The molecular weight excluding hydrogens is 653 g/mol. The fourth-order valence-electron chi connectivity index (χ4n) is 5.80. The Bertz CT molecular complexity index is 1990. The first-order valence-electron chi connectivity index (χ1n) is 13.4. The molecule has 7 rings (SSSR count). The number of halogens is 2.